The molecule has 0 amide bonds. The Bertz CT molecular complexity index is 594. The van der Waals surface area contributed by atoms with Crippen LogP contribution in [0.1, 0.15) is 38.2 Å². The number of halogens is 1. The summed E-state index contributed by atoms with van der Waals surface area (Å²) in [4.78, 5) is 4.67. The first-order chi connectivity index (χ1) is 12.8. The van der Waals surface area contributed by atoms with Crippen molar-refractivity contribution in [1.29, 1.82) is 0 Å². The number of nitrogens with one attached hydrogen (secondary N) is 2. The van der Waals surface area contributed by atoms with E-state index in [1.807, 2.05) is 18.2 Å². The Kier molecular flexibility index (Phi) is 10.0. The van der Waals surface area contributed by atoms with Crippen LogP contribution in [0, 0.1) is 5.92 Å². The summed E-state index contributed by atoms with van der Waals surface area (Å²) in [6.07, 6.45) is 4.59. The quantitative estimate of drug-likeness (QED) is 0.241. The SMILES string of the molecule is CCNC(=NCc1ccc2c(c1)OCCCO2)NCCCOCC1CC1.I. The first-order valence-corrected chi connectivity index (χ1v) is 9.83. The lowest BCUT2D eigenvalue weighted by Gasteiger charge is -2.12. The molecule has 6 nitrogen and oxygen atoms in total. The molecular weight excluding hydrogens is 457 g/mol. The number of nitrogens with zero attached hydrogens (tertiary/aromatic N) is 1. The molecule has 2 N–H and O–H groups in total. The monoisotopic (exact) mass is 489 g/mol. The molecule has 152 valence electrons. The fourth-order valence-electron chi connectivity index (χ4n) is 2.73. The van der Waals surface area contributed by atoms with E-state index in [2.05, 4.69) is 22.5 Å². The normalized spacial score (nSPS) is 16.3. The van der Waals surface area contributed by atoms with Crippen molar-refractivity contribution >= 4 is 29.9 Å². The van der Waals surface area contributed by atoms with Crippen molar-refractivity contribution in [1.82, 2.24) is 10.6 Å². The molecular formula is C20H32IN3O3. The number of hydrogen-bond acceptors (Lipinski definition) is 4. The molecule has 1 aliphatic carbocycles. The highest BCUT2D eigenvalue weighted by atomic mass is 127. The van der Waals surface area contributed by atoms with E-state index in [0.29, 0.717) is 19.8 Å². The number of benzene rings is 1. The lowest BCUT2D eigenvalue weighted by molar-refractivity contribution is 0.123. The van der Waals surface area contributed by atoms with Crippen LogP contribution >= 0.6 is 24.0 Å². The van der Waals surface area contributed by atoms with Crippen LogP contribution < -0.4 is 20.1 Å². The van der Waals surface area contributed by atoms with E-state index in [1.165, 1.54) is 12.8 Å². The van der Waals surface area contributed by atoms with Crippen LogP contribution in [0.15, 0.2) is 23.2 Å². The van der Waals surface area contributed by atoms with Crippen molar-refractivity contribution in [2.24, 2.45) is 10.9 Å². The largest absolute Gasteiger partial charge is 0.490 e. The van der Waals surface area contributed by atoms with Gasteiger partial charge in [-0.15, -0.1) is 24.0 Å². The predicted octanol–water partition coefficient (Wildman–Crippen LogP) is 3.34. The Morgan fingerprint density at radius 3 is 2.78 bits per heavy atom. The predicted molar refractivity (Wildman–Crippen MR) is 118 cm³/mol. The van der Waals surface area contributed by atoms with Crippen LogP contribution in [-0.4, -0.2) is 45.5 Å². The molecule has 3 rings (SSSR count). The smallest absolute Gasteiger partial charge is 0.191 e. The highest BCUT2D eigenvalue weighted by molar-refractivity contribution is 14.0. The first-order valence-electron chi connectivity index (χ1n) is 9.83. The summed E-state index contributed by atoms with van der Waals surface area (Å²) in [6.45, 7) is 7.52. The number of ether oxygens (including phenoxy) is 3. The van der Waals surface area contributed by atoms with E-state index in [1.54, 1.807) is 0 Å². The van der Waals surface area contributed by atoms with Crippen molar-refractivity contribution in [3.05, 3.63) is 23.8 Å². The molecule has 0 radical (unpaired) electrons. The van der Waals surface area contributed by atoms with Crippen LogP contribution in [0.2, 0.25) is 0 Å². The summed E-state index contributed by atoms with van der Waals surface area (Å²) in [5, 5.41) is 6.66. The van der Waals surface area contributed by atoms with Gasteiger partial charge in [0.1, 0.15) is 0 Å². The molecule has 1 aliphatic heterocycles. The number of guanidine groups is 1. The molecule has 1 aromatic rings. The molecule has 0 spiro atoms. The van der Waals surface area contributed by atoms with Gasteiger partial charge in [0.15, 0.2) is 17.5 Å². The Labute approximate surface area is 179 Å². The van der Waals surface area contributed by atoms with Crippen molar-refractivity contribution in [3.8, 4) is 11.5 Å². The fourth-order valence-corrected chi connectivity index (χ4v) is 2.73. The van der Waals surface area contributed by atoms with E-state index >= 15 is 0 Å². The van der Waals surface area contributed by atoms with E-state index in [4.69, 9.17) is 14.2 Å². The maximum atomic E-state index is 5.75. The van der Waals surface area contributed by atoms with E-state index < -0.39 is 0 Å². The van der Waals surface area contributed by atoms with Crippen molar-refractivity contribution in [2.45, 2.75) is 39.2 Å². The highest BCUT2D eigenvalue weighted by Gasteiger charge is 2.20. The summed E-state index contributed by atoms with van der Waals surface area (Å²) in [6, 6.07) is 6.05. The van der Waals surface area contributed by atoms with Gasteiger partial charge >= 0.3 is 0 Å². The van der Waals surface area contributed by atoms with Gasteiger partial charge in [-0.2, -0.15) is 0 Å². The van der Waals surface area contributed by atoms with Crippen LogP contribution in [0.3, 0.4) is 0 Å². The average molecular weight is 489 g/mol. The van der Waals surface area contributed by atoms with Crippen molar-refractivity contribution < 1.29 is 14.2 Å². The second-order valence-corrected chi connectivity index (χ2v) is 6.83. The van der Waals surface area contributed by atoms with Gasteiger partial charge in [-0.25, -0.2) is 4.99 Å². The molecule has 0 bridgehead atoms. The maximum absolute atomic E-state index is 5.75. The molecule has 27 heavy (non-hydrogen) atoms. The Morgan fingerprint density at radius 1 is 1.19 bits per heavy atom. The number of rotatable bonds is 9. The lowest BCUT2D eigenvalue weighted by atomic mass is 10.2. The van der Waals surface area contributed by atoms with Gasteiger partial charge in [0.2, 0.25) is 0 Å². The second kappa shape index (κ2) is 12.3. The number of fused-ring (bicyclic) bond motifs is 1. The summed E-state index contributed by atoms with van der Waals surface area (Å²) >= 11 is 0. The summed E-state index contributed by atoms with van der Waals surface area (Å²) in [7, 11) is 0. The molecule has 1 saturated carbocycles. The second-order valence-electron chi connectivity index (χ2n) is 6.83. The third kappa shape index (κ3) is 8.13. The van der Waals surface area contributed by atoms with Gasteiger partial charge < -0.3 is 24.8 Å². The number of aliphatic imine (C=N–C) groups is 1. The zero-order valence-corrected chi connectivity index (χ0v) is 18.5. The lowest BCUT2D eigenvalue weighted by Crippen LogP contribution is -2.38. The van der Waals surface area contributed by atoms with Crippen LogP contribution in [0.4, 0.5) is 0 Å². The molecule has 2 aliphatic rings. The molecule has 0 aromatic heterocycles. The van der Waals surface area contributed by atoms with Crippen LogP contribution in [0.25, 0.3) is 0 Å². The van der Waals surface area contributed by atoms with Crippen LogP contribution in [0.5, 0.6) is 11.5 Å². The van der Waals surface area contributed by atoms with Gasteiger partial charge in [0.05, 0.1) is 19.8 Å². The van der Waals surface area contributed by atoms with E-state index in [-0.39, 0.29) is 24.0 Å². The summed E-state index contributed by atoms with van der Waals surface area (Å²) in [5.41, 5.74) is 1.11. The third-order valence-electron chi connectivity index (χ3n) is 4.38. The topological polar surface area (TPSA) is 64.1 Å². The molecule has 1 fully saturated rings. The molecule has 0 unspecified atom stereocenters. The minimum absolute atomic E-state index is 0. The van der Waals surface area contributed by atoms with Crippen LogP contribution in [-0.2, 0) is 11.3 Å². The zero-order valence-electron chi connectivity index (χ0n) is 16.2. The Balaban J connectivity index is 0.00000261. The van der Waals surface area contributed by atoms with E-state index in [9.17, 15) is 0 Å². The molecule has 0 atom stereocenters. The summed E-state index contributed by atoms with van der Waals surface area (Å²) in [5.74, 6) is 3.31. The highest BCUT2D eigenvalue weighted by Crippen LogP contribution is 2.30. The molecule has 7 heteroatoms. The number of hydrogen-bond donors (Lipinski definition) is 2. The zero-order chi connectivity index (χ0) is 18.0. The van der Waals surface area contributed by atoms with Crippen molar-refractivity contribution in [2.75, 3.05) is 39.5 Å². The van der Waals surface area contributed by atoms with Gasteiger partial charge in [-0.05, 0) is 49.8 Å². The minimum Gasteiger partial charge on any atom is -0.490 e. The molecule has 1 heterocycles. The molecule has 1 aromatic carbocycles. The maximum Gasteiger partial charge on any atom is 0.191 e. The fraction of sp³-hybridized carbons (Fsp3) is 0.650. The van der Waals surface area contributed by atoms with Gasteiger partial charge in [-0.3, -0.25) is 0 Å². The van der Waals surface area contributed by atoms with Gasteiger partial charge in [0.25, 0.3) is 0 Å². The third-order valence-corrected chi connectivity index (χ3v) is 4.38. The van der Waals surface area contributed by atoms with Gasteiger partial charge in [0, 0.05) is 32.7 Å². The van der Waals surface area contributed by atoms with E-state index in [0.717, 1.165) is 68.1 Å². The Morgan fingerprint density at radius 2 is 2.00 bits per heavy atom. The molecule has 0 saturated heterocycles. The van der Waals surface area contributed by atoms with Crippen molar-refractivity contribution in [3.63, 3.8) is 0 Å². The van der Waals surface area contributed by atoms with Gasteiger partial charge in [-0.1, -0.05) is 6.07 Å². The Hall–Kier alpha value is -1.22. The minimum atomic E-state index is 0. The summed E-state index contributed by atoms with van der Waals surface area (Å²) < 4.78 is 17.1. The first kappa shape index (κ1) is 22.1. The average Bonchev–Trinajstić information content (AvgIpc) is 3.48. The standard InChI is InChI=1S/C20H31N3O3.HI/c1-2-21-20(22-9-3-10-24-15-16-5-6-16)23-14-17-7-8-18-19(13-17)26-12-4-11-25-18;/h7-8,13,16H,2-6,9-12,14-15H2,1H3,(H2,21,22,23);1H.